The van der Waals surface area contributed by atoms with Crippen LogP contribution in [0.3, 0.4) is 0 Å². The predicted molar refractivity (Wildman–Crippen MR) is 59.9 cm³/mol. The number of aryl methyl sites for hydroxylation is 2. The zero-order chi connectivity index (χ0) is 12.3. The molecule has 0 aliphatic heterocycles. The molecule has 0 aliphatic carbocycles. The Morgan fingerprint density at radius 2 is 2.12 bits per heavy atom. The lowest BCUT2D eigenvalue weighted by Gasteiger charge is -2.15. The van der Waals surface area contributed by atoms with Crippen LogP contribution in [0.25, 0.3) is 0 Å². The Balaban J connectivity index is 3.13. The van der Waals surface area contributed by atoms with Gasteiger partial charge in [-0.2, -0.15) is 0 Å². The Morgan fingerprint density at radius 3 is 2.62 bits per heavy atom. The summed E-state index contributed by atoms with van der Waals surface area (Å²) in [5, 5.41) is 8.73. The number of carboxylic acids is 1. The molecule has 0 aliphatic rings. The zero-order valence-electron chi connectivity index (χ0n) is 9.46. The van der Waals surface area contributed by atoms with E-state index in [1.54, 1.807) is 19.1 Å². The molecule has 0 bridgehead atoms. The third kappa shape index (κ3) is 2.79. The van der Waals surface area contributed by atoms with Gasteiger partial charge in [0.2, 0.25) is 0 Å². The van der Waals surface area contributed by atoms with E-state index in [-0.39, 0.29) is 18.8 Å². The highest BCUT2D eigenvalue weighted by atomic mass is 19.1. The largest absolute Gasteiger partial charge is 0.481 e. The standard InChI is InChI=1S/C12H16FNO2/c1-7-3-8(2)12(13)10(4-7)9(6-14)5-11(15)16/h3-4,9H,5-6,14H2,1-2H3,(H,15,16). The van der Waals surface area contributed by atoms with Crippen molar-refractivity contribution in [2.24, 2.45) is 5.73 Å². The fourth-order valence-electron chi connectivity index (χ4n) is 1.81. The molecule has 1 unspecified atom stereocenters. The van der Waals surface area contributed by atoms with Crippen LogP contribution in [-0.4, -0.2) is 17.6 Å². The lowest BCUT2D eigenvalue weighted by atomic mass is 9.92. The lowest BCUT2D eigenvalue weighted by Crippen LogP contribution is -2.18. The van der Waals surface area contributed by atoms with Crippen molar-refractivity contribution in [2.45, 2.75) is 26.2 Å². The molecular weight excluding hydrogens is 209 g/mol. The van der Waals surface area contributed by atoms with Crippen molar-refractivity contribution in [1.29, 1.82) is 0 Å². The lowest BCUT2D eigenvalue weighted by molar-refractivity contribution is -0.137. The highest BCUT2D eigenvalue weighted by Gasteiger charge is 2.19. The first-order chi connectivity index (χ1) is 7.45. The molecule has 0 fully saturated rings. The maximum Gasteiger partial charge on any atom is 0.304 e. The summed E-state index contributed by atoms with van der Waals surface area (Å²) >= 11 is 0. The number of benzene rings is 1. The van der Waals surface area contributed by atoms with E-state index in [2.05, 4.69) is 0 Å². The number of nitrogens with two attached hydrogens (primary N) is 1. The van der Waals surface area contributed by atoms with Crippen LogP contribution in [0.1, 0.15) is 29.0 Å². The highest BCUT2D eigenvalue weighted by Crippen LogP contribution is 2.25. The van der Waals surface area contributed by atoms with Gasteiger partial charge in [0.1, 0.15) is 5.82 Å². The Hall–Kier alpha value is -1.42. The Morgan fingerprint density at radius 1 is 1.50 bits per heavy atom. The molecule has 0 aromatic heterocycles. The molecule has 0 heterocycles. The van der Waals surface area contributed by atoms with Gasteiger partial charge < -0.3 is 10.8 Å². The quantitative estimate of drug-likeness (QED) is 0.823. The minimum absolute atomic E-state index is 0.131. The molecule has 4 heteroatoms. The predicted octanol–water partition coefficient (Wildman–Crippen LogP) is 1.96. The van der Waals surface area contributed by atoms with E-state index < -0.39 is 11.9 Å². The van der Waals surface area contributed by atoms with Crippen molar-refractivity contribution in [3.05, 3.63) is 34.6 Å². The number of carboxylic acid groups (broad SMARTS) is 1. The fourth-order valence-corrected chi connectivity index (χ4v) is 1.81. The minimum Gasteiger partial charge on any atom is -0.481 e. The number of halogens is 1. The van der Waals surface area contributed by atoms with E-state index in [0.29, 0.717) is 11.1 Å². The van der Waals surface area contributed by atoms with Crippen molar-refractivity contribution in [3.8, 4) is 0 Å². The normalized spacial score (nSPS) is 12.5. The first-order valence-electron chi connectivity index (χ1n) is 5.14. The summed E-state index contributed by atoms with van der Waals surface area (Å²) in [6.45, 7) is 3.65. The molecule has 0 saturated carbocycles. The molecule has 16 heavy (non-hydrogen) atoms. The molecule has 0 spiro atoms. The Bertz CT molecular complexity index is 404. The van der Waals surface area contributed by atoms with Crippen molar-refractivity contribution in [1.82, 2.24) is 0 Å². The maximum absolute atomic E-state index is 13.8. The van der Waals surface area contributed by atoms with Gasteiger partial charge in [0, 0.05) is 5.92 Å². The molecule has 0 amide bonds. The van der Waals surface area contributed by atoms with Gasteiger partial charge in [0.25, 0.3) is 0 Å². The number of aliphatic carboxylic acids is 1. The molecular formula is C12H16FNO2. The van der Waals surface area contributed by atoms with Crippen LogP contribution in [0.15, 0.2) is 12.1 Å². The molecule has 1 aromatic rings. The second-order valence-electron chi connectivity index (χ2n) is 4.02. The van der Waals surface area contributed by atoms with Crippen LogP contribution in [0.4, 0.5) is 4.39 Å². The van der Waals surface area contributed by atoms with Crippen LogP contribution in [0, 0.1) is 19.7 Å². The number of carbonyl (C=O) groups is 1. The van der Waals surface area contributed by atoms with Crippen LogP contribution < -0.4 is 5.73 Å². The second-order valence-corrected chi connectivity index (χ2v) is 4.02. The van der Waals surface area contributed by atoms with E-state index in [1.807, 2.05) is 6.92 Å². The van der Waals surface area contributed by atoms with Crippen LogP contribution in [0.2, 0.25) is 0 Å². The van der Waals surface area contributed by atoms with Crippen molar-refractivity contribution in [2.75, 3.05) is 6.54 Å². The molecule has 88 valence electrons. The molecule has 1 rings (SSSR count). The molecule has 0 radical (unpaired) electrons. The molecule has 1 aromatic carbocycles. The van der Waals surface area contributed by atoms with E-state index in [9.17, 15) is 9.18 Å². The summed E-state index contributed by atoms with van der Waals surface area (Å²) in [6.07, 6.45) is -0.143. The van der Waals surface area contributed by atoms with Crippen molar-refractivity contribution in [3.63, 3.8) is 0 Å². The van der Waals surface area contributed by atoms with Gasteiger partial charge >= 0.3 is 5.97 Å². The maximum atomic E-state index is 13.8. The van der Waals surface area contributed by atoms with Crippen LogP contribution in [0.5, 0.6) is 0 Å². The van der Waals surface area contributed by atoms with Crippen molar-refractivity contribution >= 4 is 5.97 Å². The first-order valence-corrected chi connectivity index (χ1v) is 5.14. The minimum atomic E-state index is -0.964. The number of hydrogen-bond acceptors (Lipinski definition) is 2. The third-order valence-electron chi connectivity index (χ3n) is 2.57. The van der Waals surface area contributed by atoms with Gasteiger partial charge in [-0.25, -0.2) is 4.39 Å². The van der Waals surface area contributed by atoms with Gasteiger partial charge in [0.15, 0.2) is 0 Å². The summed E-state index contributed by atoms with van der Waals surface area (Å²) in [7, 11) is 0. The smallest absolute Gasteiger partial charge is 0.304 e. The van der Waals surface area contributed by atoms with Gasteiger partial charge in [-0.05, 0) is 31.5 Å². The zero-order valence-corrected chi connectivity index (χ0v) is 9.46. The van der Waals surface area contributed by atoms with Gasteiger partial charge in [-0.3, -0.25) is 4.79 Å². The summed E-state index contributed by atoms with van der Waals surface area (Å²) in [4.78, 5) is 10.6. The Kier molecular flexibility index (Phi) is 4.01. The van der Waals surface area contributed by atoms with Crippen molar-refractivity contribution < 1.29 is 14.3 Å². The number of hydrogen-bond donors (Lipinski definition) is 2. The van der Waals surface area contributed by atoms with E-state index in [4.69, 9.17) is 10.8 Å². The number of rotatable bonds is 4. The van der Waals surface area contributed by atoms with Gasteiger partial charge in [-0.1, -0.05) is 17.7 Å². The third-order valence-corrected chi connectivity index (χ3v) is 2.57. The van der Waals surface area contributed by atoms with Gasteiger partial charge in [0.05, 0.1) is 6.42 Å². The topological polar surface area (TPSA) is 63.3 Å². The summed E-state index contributed by atoms with van der Waals surface area (Å²) < 4.78 is 13.8. The molecule has 0 saturated heterocycles. The average Bonchev–Trinajstić information content (AvgIpc) is 2.20. The fraction of sp³-hybridized carbons (Fsp3) is 0.417. The summed E-state index contributed by atoms with van der Waals surface area (Å²) in [5.41, 5.74) is 7.34. The van der Waals surface area contributed by atoms with E-state index in [0.717, 1.165) is 5.56 Å². The molecule has 1 atom stereocenters. The monoisotopic (exact) mass is 225 g/mol. The van der Waals surface area contributed by atoms with E-state index >= 15 is 0 Å². The summed E-state index contributed by atoms with van der Waals surface area (Å²) in [5.74, 6) is -1.77. The average molecular weight is 225 g/mol. The molecule has 3 N–H and O–H groups in total. The first kappa shape index (κ1) is 12.6. The van der Waals surface area contributed by atoms with Crippen LogP contribution >= 0.6 is 0 Å². The Labute approximate surface area is 94.1 Å². The highest BCUT2D eigenvalue weighted by molar-refractivity contribution is 5.68. The van der Waals surface area contributed by atoms with E-state index in [1.165, 1.54) is 0 Å². The second kappa shape index (κ2) is 5.07. The molecule has 3 nitrogen and oxygen atoms in total. The SMILES string of the molecule is Cc1cc(C)c(F)c(C(CN)CC(=O)O)c1. The van der Waals surface area contributed by atoms with Gasteiger partial charge in [-0.15, -0.1) is 0 Å². The summed E-state index contributed by atoms with van der Waals surface area (Å²) in [6, 6.07) is 3.40. The van der Waals surface area contributed by atoms with Crippen LogP contribution in [-0.2, 0) is 4.79 Å².